The second kappa shape index (κ2) is 9.46. The quantitative estimate of drug-likeness (QED) is 0.164. The van der Waals surface area contributed by atoms with Crippen molar-refractivity contribution in [1.82, 2.24) is 0 Å². The molecule has 0 saturated carbocycles. The molecule has 0 spiro atoms. The van der Waals surface area contributed by atoms with Gasteiger partial charge in [-0.15, -0.1) is 0 Å². The van der Waals surface area contributed by atoms with Crippen molar-refractivity contribution >= 4 is 0 Å². The molecule has 0 radical (unpaired) electrons. The highest BCUT2D eigenvalue weighted by Gasteiger charge is 2.95. The van der Waals surface area contributed by atoms with E-state index in [1.54, 1.807) is 6.92 Å². The van der Waals surface area contributed by atoms with E-state index >= 15 is 0 Å². The molecule has 0 aliphatic heterocycles. The van der Waals surface area contributed by atoms with Gasteiger partial charge in [-0.25, -0.2) is 0 Å². The van der Waals surface area contributed by atoms with Gasteiger partial charge in [-0.3, -0.25) is 0 Å². The van der Waals surface area contributed by atoms with E-state index in [1.807, 2.05) is 0 Å². The van der Waals surface area contributed by atoms with E-state index < -0.39 is 60.5 Å². The minimum atomic E-state index is -8.57. The Morgan fingerprint density at radius 2 is 0.667 bits per heavy atom. The molecule has 0 aromatic rings. The largest absolute Gasteiger partial charge is 0.460 e. The van der Waals surface area contributed by atoms with Gasteiger partial charge in [-0.05, 0) is 6.42 Å². The summed E-state index contributed by atoms with van der Waals surface area (Å²) in [5.41, 5.74) is 0. The van der Waals surface area contributed by atoms with Gasteiger partial charge in [-0.1, -0.05) is 39.0 Å². The molecule has 0 amide bonds. The molecule has 0 aliphatic carbocycles. The maximum Gasteiger partial charge on any atom is 0.460 e. The normalized spacial score (nSPS) is 15.8. The van der Waals surface area contributed by atoms with Crippen LogP contribution >= 0.6 is 0 Å². The van der Waals surface area contributed by atoms with Crippen LogP contribution < -0.4 is 0 Å². The van der Waals surface area contributed by atoms with Gasteiger partial charge in [-0.2, -0.15) is 74.6 Å². The van der Waals surface area contributed by atoms with E-state index in [1.165, 1.54) is 0 Å². The van der Waals surface area contributed by atoms with Crippen LogP contribution in [-0.4, -0.2) is 47.6 Å². The molecule has 0 bridgehead atoms. The van der Waals surface area contributed by atoms with E-state index in [0.717, 1.165) is 0 Å². The molecule has 0 heterocycles. The average Bonchev–Trinajstić information content (AvgIpc) is 2.62. The second-order valence-corrected chi connectivity index (χ2v) is 7.17. The van der Waals surface area contributed by atoms with Crippen molar-refractivity contribution in [3.63, 3.8) is 0 Å². The van der Waals surface area contributed by atoms with Gasteiger partial charge in [0, 0.05) is 6.42 Å². The molecular weight excluding hydrogens is 515 g/mol. The van der Waals surface area contributed by atoms with Crippen LogP contribution in [0.1, 0.15) is 51.9 Å². The fourth-order valence-corrected chi connectivity index (χ4v) is 2.48. The number of halogens is 17. The standard InChI is InChI=1S/C16H17F17/c1-2-3-4-5-6-7-8-9(17,18)10(19,20)11(21,22)12(23,24)13(25,26)14(27,28)15(29,30)16(31,32)33/h2-8H2,1H3. The third-order valence-corrected chi connectivity index (χ3v) is 4.63. The molecule has 0 atom stereocenters. The molecule has 0 aliphatic rings. The van der Waals surface area contributed by atoms with Gasteiger partial charge in [0.2, 0.25) is 0 Å². The first-order valence-electron chi connectivity index (χ1n) is 9.02. The topological polar surface area (TPSA) is 0 Å². The number of hydrogen-bond acceptors (Lipinski definition) is 0. The molecule has 17 heteroatoms. The Morgan fingerprint density at radius 1 is 0.364 bits per heavy atom. The summed E-state index contributed by atoms with van der Waals surface area (Å²) in [6, 6.07) is 0. The lowest BCUT2D eigenvalue weighted by atomic mass is 9.87. The molecule has 0 fully saturated rings. The maximum atomic E-state index is 13.6. The van der Waals surface area contributed by atoms with Gasteiger partial charge < -0.3 is 0 Å². The zero-order valence-corrected chi connectivity index (χ0v) is 16.4. The molecule has 0 aromatic heterocycles. The lowest BCUT2D eigenvalue weighted by Crippen LogP contribution is -2.74. The zero-order chi connectivity index (χ0) is 26.9. The minimum Gasteiger partial charge on any atom is -0.200 e. The third kappa shape index (κ3) is 5.10. The third-order valence-electron chi connectivity index (χ3n) is 4.63. The SMILES string of the molecule is CCCCCCCCC(F)(F)C(F)(F)C(F)(F)C(F)(F)C(F)(F)C(F)(F)C(F)(F)C(F)(F)F. The summed E-state index contributed by atoms with van der Waals surface area (Å²) < 4.78 is 222. The monoisotopic (exact) mass is 532 g/mol. The number of unbranched alkanes of at least 4 members (excludes halogenated alkanes) is 5. The molecular formula is C16H17F17. The molecule has 0 unspecified atom stereocenters. The minimum absolute atomic E-state index is 0.0822. The number of rotatable bonds is 13. The highest BCUT2D eigenvalue weighted by Crippen LogP contribution is 2.64. The lowest BCUT2D eigenvalue weighted by molar-refractivity contribution is -0.461. The number of alkyl halides is 17. The highest BCUT2D eigenvalue weighted by molar-refractivity contribution is 5.15. The lowest BCUT2D eigenvalue weighted by Gasteiger charge is -2.42. The van der Waals surface area contributed by atoms with Gasteiger partial charge in [0.15, 0.2) is 0 Å². The summed E-state index contributed by atoms with van der Waals surface area (Å²) in [6.45, 7) is 1.71. The Bertz CT molecular complexity index is 631. The van der Waals surface area contributed by atoms with Crippen molar-refractivity contribution in [1.29, 1.82) is 0 Å². The second-order valence-electron chi connectivity index (χ2n) is 7.17. The van der Waals surface area contributed by atoms with E-state index in [9.17, 15) is 74.6 Å². The van der Waals surface area contributed by atoms with E-state index in [2.05, 4.69) is 0 Å². The average molecular weight is 532 g/mol. The highest BCUT2D eigenvalue weighted by atomic mass is 19.4. The van der Waals surface area contributed by atoms with Crippen LogP contribution in [0.3, 0.4) is 0 Å². The van der Waals surface area contributed by atoms with Gasteiger partial charge >= 0.3 is 47.6 Å². The summed E-state index contributed by atoms with van der Waals surface area (Å²) in [6.07, 6.45) is -9.86. The summed E-state index contributed by atoms with van der Waals surface area (Å²) in [5, 5.41) is 0. The van der Waals surface area contributed by atoms with Crippen molar-refractivity contribution < 1.29 is 74.6 Å². The van der Waals surface area contributed by atoms with Crippen LogP contribution in [0.2, 0.25) is 0 Å². The Kier molecular flexibility index (Phi) is 9.11. The van der Waals surface area contributed by atoms with E-state index in [0.29, 0.717) is 19.3 Å². The van der Waals surface area contributed by atoms with Crippen LogP contribution in [0.25, 0.3) is 0 Å². The van der Waals surface area contributed by atoms with E-state index in [4.69, 9.17) is 0 Å². The van der Waals surface area contributed by atoms with Crippen molar-refractivity contribution in [2.45, 2.75) is 99.5 Å². The summed E-state index contributed by atoms with van der Waals surface area (Å²) in [7, 11) is 0. The molecule has 0 N–H and O–H groups in total. The summed E-state index contributed by atoms with van der Waals surface area (Å²) in [4.78, 5) is 0. The predicted molar refractivity (Wildman–Crippen MR) is 78.7 cm³/mol. The van der Waals surface area contributed by atoms with E-state index in [-0.39, 0.29) is 12.8 Å². The van der Waals surface area contributed by atoms with Gasteiger partial charge in [0.05, 0.1) is 0 Å². The Balaban J connectivity index is 6.11. The first-order chi connectivity index (χ1) is 14.3. The Morgan fingerprint density at radius 3 is 1.03 bits per heavy atom. The molecule has 0 aromatic carbocycles. The Hall–Kier alpha value is -1.19. The molecule has 200 valence electrons. The maximum absolute atomic E-state index is 13.6. The fourth-order valence-electron chi connectivity index (χ4n) is 2.48. The zero-order valence-electron chi connectivity index (χ0n) is 16.4. The summed E-state index contributed by atoms with van der Waals surface area (Å²) >= 11 is 0. The smallest absolute Gasteiger partial charge is 0.200 e. The van der Waals surface area contributed by atoms with Crippen LogP contribution in [0.4, 0.5) is 74.6 Å². The summed E-state index contributed by atoms with van der Waals surface area (Å²) in [5.74, 6) is -55.7. The van der Waals surface area contributed by atoms with Crippen LogP contribution in [0.5, 0.6) is 0 Å². The van der Waals surface area contributed by atoms with Gasteiger partial charge in [0.1, 0.15) is 0 Å². The molecule has 33 heavy (non-hydrogen) atoms. The van der Waals surface area contributed by atoms with Crippen LogP contribution in [-0.2, 0) is 0 Å². The van der Waals surface area contributed by atoms with Crippen molar-refractivity contribution in [2.24, 2.45) is 0 Å². The molecule has 0 saturated heterocycles. The molecule has 0 nitrogen and oxygen atoms in total. The van der Waals surface area contributed by atoms with Crippen LogP contribution in [0, 0.1) is 0 Å². The first kappa shape index (κ1) is 31.8. The fraction of sp³-hybridized carbons (Fsp3) is 1.00. The van der Waals surface area contributed by atoms with Crippen molar-refractivity contribution in [3.05, 3.63) is 0 Å². The molecule has 0 rings (SSSR count). The van der Waals surface area contributed by atoms with Gasteiger partial charge in [0.25, 0.3) is 0 Å². The van der Waals surface area contributed by atoms with Crippen molar-refractivity contribution in [3.8, 4) is 0 Å². The predicted octanol–water partition coefficient (Wildman–Crippen LogP) is 8.75. The Labute approximate surface area is 175 Å². The number of hydrogen-bond donors (Lipinski definition) is 0. The van der Waals surface area contributed by atoms with Crippen molar-refractivity contribution in [2.75, 3.05) is 0 Å². The van der Waals surface area contributed by atoms with Crippen LogP contribution in [0.15, 0.2) is 0 Å². The first-order valence-corrected chi connectivity index (χ1v) is 9.02.